The van der Waals surface area contributed by atoms with Gasteiger partial charge < -0.3 is 0 Å². The molecule has 1 atom stereocenters. The summed E-state index contributed by atoms with van der Waals surface area (Å²) in [6.07, 6.45) is -2.89. The first-order chi connectivity index (χ1) is 9.29. The molecule has 6 heteroatoms. The van der Waals surface area contributed by atoms with Crippen molar-refractivity contribution >= 4 is 5.78 Å². The third-order valence-electron chi connectivity index (χ3n) is 3.04. The van der Waals surface area contributed by atoms with Crippen molar-refractivity contribution in [3.05, 3.63) is 53.3 Å². The Morgan fingerprint density at radius 1 is 1.25 bits per heavy atom. The Morgan fingerprint density at radius 3 is 2.35 bits per heavy atom. The Labute approximate surface area is 114 Å². The van der Waals surface area contributed by atoms with Crippen molar-refractivity contribution in [3.63, 3.8) is 0 Å². The maximum Gasteiger partial charge on any atom is 0.419 e. The molecular formula is C14H13F3N2O. The summed E-state index contributed by atoms with van der Waals surface area (Å²) in [6, 6.07) is 6.09. The fraction of sp³-hybridized carbons (Fsp3) is 0.286. The number of carbonyl (C=O) groups excluding carboxylic acids is 1. The molecule has 2 rings (SSSR count). The van der Waals surface area contributed by atoms with Crippen LogP contribution in [-0.4, -0.2) is 15.6 Å². The normalized spacial score (nSPS) is 13.2. The van der Waals surface area contributed by atoms with Gasteiger partial charge in [0.25, 0.3) is 0 Å². The molecule has 1 aromatic heterocycles. The molecular weight excluding hydrogens is 269 g/mol. The molecule has 106 valence electrons. The Balaban J connectivity index is 2.22. The largest absolute Gasteiger partial charge is 0.419 e. The van der Waals surface area contributed by atoms with E-state index >= 15 is 0 Å². The Kier molecular flexibility index (Phi) is 3.65. The number of aryl methyl sites for hydroxylation is 1. The van der Waals surface area contributed by atoms with Crippen molar-refractivity contribution in [2.45, 2.75) is 26.1 Å². The number of nitrogens with zero attached hydrogens (tertiary/aromatic N) is 2. The second kappa shape index (κ2) is 5.11. The average Bonchev–Trinajstić information content (AvgIpc) is 2.87. The van der Waals surface area contributed by atoms with Gasteiger partial charge in [-0.15, -0.1) is 0 Å². The molecule has 20 heavy (non-hydrogen) atoms. The van der Waals surface area contributed by atoms with Crippen LogP contribution < -0.4 is 0 Å². The van der Waals surface area contributed by atoms with Crippen molar-refractivity contribution in [1.29, 1.82) is 0 Å². The lowest BCUT2D eigenvalue weighted by Crippen LogP contribution is -2.17. The van der Waals surface area contributed by atoms with E-state index in [1.807, 2.05) is 6.92 Å². The van der Waals surface area contributed by atoms with Crippen molar-refractivity contribution in [2.75, 3.05) is 0 Å². The monoisotopic (exact) mass is 282 g/mol. The van der Waals surface area contributed by atoms with E-state index in [1.165, 1.54) is 6.92 Å². The van der Waals surface area contributed by atoms with Gasteiger partial charge in [-0.3, -0.25) is 9.48 Å². The molecule has 0 saturated carbocycles. The smallest absolute Gasteiger partial charge is 0.292 e. The summed E-state index contributed by atoms with van der Waals surface area (Å²) in [5.74, 6) is -0.276. The topological polar surface area (TPSA) is 34.9 Å². The molecule has 0 saturated heterocycles. The number of Topliss-reactive ketones (excluding diaryl/α,β-unsaturated/α-hetero) is 1. The van der Waals surface area contributed by atoms with Crippen LogP contribution in [0.3, 0.4) is 0 Å². The van der Waals surface area contributed by atoms with Gasteiger partial charge in [0, 0.05) is 11.8 Å². The van der Waals surface area contributed by atoms with Crippen molar-refractivity contribution < 1.29 is 18.0 Å². The average molecular weight is 282 g/mol. The first kappa shape index (κ1) is 14.3. The minimum Gasteiger partial charge on any atom is -0.292 e. The zero-order valence-corrected chi connectivity index (χ0v) is 11.0. The van der Waals surface area contributed by atoms with Gasteiger partial charge in [0.05, 0.1) is 11.8 Å². The highest BCUT2D eigenvalue weighted by Gasteiger charge is 2.33. The minimum atomic E-state index is -4.45. The maximum absolute atomic E-state index is 12.5. The van der Waals surface area contributed by atoms with Gasteiger partial charge in [0.2, 0.25) is 0 Å². The Hall–Kier alpha value is -2.11. The van der Waals surface area contributed by atoms with E-state index in [0.717, 1.165) is 22.6 Å². The molecule has 0 aliphatic carbocycles. The van der Waals surface area contributed by atoms with Gasteiger partial charge in [-0.2, -0.15) is 18.3 Å². The molecule has 0 bridgehead atoms. The molecule has 0 spiro atoms. The third-order valence-corrected chi connectivity index (χ3v) is 3.04. The van der Waals surface area contributed by atoms with Crippen molar-refractivity contribution in [2.24, 2.45) is 0 Å². The maximum atomic E-state index is 12.5. The lowest BCUT2D eigenvalue weighted by molar-refractivity contribution is -0.137. The van der Waals surface area contributed by atoms with E-state index in [2.05, 4.69) is 5.10 Å². The second-order valence-electron chi connectivity index (χ2n) is 4.61. The van der Waals surface area contributed by atoms with Crippen LogP contribution in [0.5, 0.6) is 0 Å². The van der Waals surface area contributed by atoms with Crippen LogP contribution in [0, 0.1) is 6.92 Å². The van der Waals surface area contributed by atoms with E-state index in [9.17, 15) is 18.0 Å². The summed E-state index contributed by atoms with van der Waals surface area (Å²) in [6.45, 7) is 3.41. The summed E-state index contributed by atoms with van der Waals surface area (Å²) in [5.41, 5.74) is 0.598. The lowest BCUT2D eigenvalue weighted by atomic mass is 10.0. The number of hydrogen-bond acceptors (Lipinski definition) is 2. The molecule has 0 N–H and O–H groups in total. The van der Waals surface area contributed by atoms with E-state index in [-0.39, 0.29) is 5.78 Å². The molecule has 0 aliphatic heterocycles. The van der Waals surface area contributed by atoms with Gasteiger partial charge in [-0.05, 0) is 13.8 Å². The fourth-order valence-corrected chi connectivity index (χ4v) is 1.78. The zero-order valence-electron chi connectivity index (χ0n) is 11.0. The minimum absolute atomic E-state index is 0.276. The number of hydrogen-bond donors (Lipinski definition) is 0. The molecule has 3 nitrogen and oxygen atoms in total. The summed E-state index contributed by atoms with van der Waals surface area (Å²) >= 11 is 0. The summed E-state index contributed by atoms with van der Waals surface area (Å²) < 4.78 is 38.5. The molecule has 0 aliphatic rings. The summed E-state index contributed by atoms with van der Waals surface area (Å²) in [7, 11) is 0. The quantitative estimate of drug-likeness (QED) is 0.805. The highest BCUT2D eigenvalue weighted by Crippen LogP contribution is 2.29. The Morgan fingerprint density at radius 2 is 1.85 bits per heavy atom. The van der Waals surface area contributed by atoms with Gasteiger partial charge in [0.15, 0.2) is 5.78 Å². The van der Waals surface area contributed by atoms with Crippen LogP contribution in [0.25, 0.3) is 0 Å². The number of rotatable bonds is 3. The van der Waals surface area contributed by atoms with E-state index < -0.39 is 17.8 Å². The lowest BCUT2D eigenvalue weighted by Gasteiger charge is -2.11. The number of benzene rings is 1. The van der Waals surface area contributed by atoms with Crippen molar-refractivity contribution in [3.8, 4) is 0 Å². The first-order valence-corrected chi connectivity index (χ1v) is 6.01. The molecule has 1 aromatic carbocycles. The number of halogens is 3. The molecule has 0 radical (unpaired) electrons. The number of carbonyl (C=O) groups is 1. The molecule has 1 heterocycles. The summed E-state index contributed by atoms with van der Waals surface area (Å²) in [5, 5.41) is 3.62. The van der Waals surface area contributed by atoms with Crippen LogP contribution in [-0.2, 0) is 6.18 Å². The third kappa shape index (κ3) is 2.89. The molecule has 2 aromatic rings. The van der Waals surface area contributed by atoms with Gasteiger partial charge in [0.1, 0.15) is 6.04 Å². The van der Waals surface area contributed by atoms with Crippen molar-refractivity contribution in [1.82, 2.24) is 9.78 Å². The van der Waals surface area contributed by atoms with Gasteiger partial charge >= 0.3 is 6.18 Å². The first-order valence-electron chi connectivity index (χ1n) is 6.01. The van der Waals surface area contributed by atoms with Crippen LogP contribution >= 0.6 is 0 Å². The number of alkyl halides is 3. The molecule has 0 fully saturated rings. The van der Waals surface area contributed by atoms with E-state index in [0.29, 0.717) is 5.56 Å². The predicted molar refractivity (Wildman–Crippen MR) is 67.4 cm³/mol. The SMILES string of the molecule is Cc1ccc(C(=O)C(C)n2cc(C(F)(F)F)cn2)cc1. The Bertz CT molecular complexity index is 614. The van der Waals surface area contributed by atoms with Gasteiger partial charge in [-0.1, -0.05) is 29.8 Å². The standard InChI is InChI=1S/C14H13F3N2O/c1-9-3-5-11(6-4-9)13(20)10(2)19-8-12(7-18-19)14(15,16)17/h3-8,10H,1-2H3. The second-order valence-corrected chi connectivity index (χ2v) is 4.61. The van der Waals surface area contributed by atoms with Crippen LogP contribution in [0.4, 0.5) is 13.2 Å². The molecule has 1 unspecified atom stereocenters. The number of aromatic nitrogens is 2. The highest BCUT2D eigenvalue weighted by molar-refractivity contribution is 5.98. The summed E-state index contributed by atoms with van der Waals surface area (Å²) in [4.78, 5) is 12.2. The zero-order chi connectivity index (χ0) is 14.9. The van der Waals surface area contributed by atoms with Gasteiger partial charge in [-0.25, -0.2) is 0 Å². The van der Waals surface area contributed by atoms with E-state index in [1.54, 1.807) is 24.3 Å². The van der Waals surface area contributed by atoms with Crippen LogP contribution in [0.15, 0.2) is 36.7 Å². The fourth-order valence-electron chi connectivity index (χ4n) is 1.78. The van der Waals surface area contributed by atoms with E-state index in [4.69, 9.17) is 0 Å². The highest BCUT2D eigenvalue weighted by atomic mass is 19.4. The number of ketones is 1. The molecule has 0 amide bonds. The van der Waals surface area contributed by atoms with Crippen LogP contribution in [0.1, 0.15) is 34.5 Å². The van der Waals surface area contributed by atoms with Crippen LogP contribution in [0.2, 0.25) is 0 Å². The predicted octanol–water partition coefficient (Wildman–Crippen LogP) is 3.65.